The number of amides is 2. The van der Waals surface area contributed by atoms with Crippen molar-refractivity contribution >= 4 is 29.1 Å². The number of aryl methyl sites for hydroxylation is 1. The number of anilines is 1. The third-order valence-corrected chi connectivity index (χ3v) is 4.15. The molecule has 2 heterocycles. The fourth-order valence-electron chi connectivity index (χ4n) is 2.60. The lowest BCUT2D eigenvalue weighted by Gasteiger charge is -2.18. The van der Waals surface area contributed by atoms with Crippen molar-refractivity contribution in [3.05, 3.63) is 41.2 Å². The van der Waals surface area contributed by atoms with Crippen molar-refractivity contribution in [3.8, 4) is 0 Å². The first kappa shape index (κ1) is 15.5. The highest BCUT2D eigenvalue weighted by Gasteiger charge is 2.34. The molecule has 1 aromatic carbocycles. The van der Waals surface area contributed by atoms with Crippen LogP contribution in [0.1, 0.15) is 12.1 Å². The second-order valence-corrected chi connectivity index (χ2v) is 5.78. The molecule has 2 amide bonds. The number of carbonyl (C=O) groups is 2. The number of benzene rings is 1. The molecule has 1 N–H and O–H groups in total. The first-order chi connectivity index (χ1) is 11.1. The number of hydrogen-bond acceptors (Lipinski definition) is 4. The van der Waals surface area contributed by atoms with E-state index >= 15 is 0 Å². The van der Waals surface area contributed by atoms with Crippen molar-refractivity contribution in [2.24, 2.45) is 7.05 Å². The summed E-state index contributed by atoms with van der Waals surface area (Å²) in [4.78, 5) is 26.2. The van der Waals surface area contributed by atoms with Crippen LogP contribution in [0.3, 0.4) is 0 Å². The average molecular weight is 334 g/mol. The minimum atomic E-state index is -0.528. The van der Waals surface area contributed by atoms with Gasteiger partial charge < -0.3 is 10.2 Å². The molecule has 8 heteroatoms. The van der Waals surface area contributed by atoms with Crippen molar-refractivity contribution in [2.45, 2.75) is 18.9 Å². The van der Waals surface area contributed by atoms with E-state index in [-0.39, 0.29) is 18.2 Å². The second kappa shape index (κ2) is 6.37. The van der Waals surface area contributed by atoms with E-state index in [9.17, 15) is 9.59 Å². The molecule has 0 bridgehead atoms. The molecule has 1 atom stereocenters. The maximum Gasteiger partial charge on any atom is 0.249 e. The van der Waals surface area contributed by atoms with E-state index in [2.05, 4.69) is 15.6 Å². The van der Waals surface area contributed by atoms with Gasteiger partial charge in [0.05, 0.1) is 29.0 Å². The average Bonchev–Trinajstić information content (AvgIpc) is 3.07. The second-order valence-electron chi connectivity index (χ2n) is 5.38. The molecule has 1 aromatic heterocycles. The lowest BCUT2D eigenvalue weighted by atomic mass is 10.2. The third-order valence-electron chi connectivity index (χ3n) is 3.83. The molecule has 1 unspecified atom stereocenters. The largest absolute Gasteiger partial charge is 0.344 e. The monoisotopic (exact) mass is 333 g/mol. The van der Waals surface area contributed by atoms with Crippen LogP contribution < -0.4 is 10.2 Å². The quantitative estimate of drug-likeness (QED) is 0.902. The van der Waals surface area contributed by atoms with Crippen LogP contribution in [-0.4, -0.2) is 39.4 Å². The maximum absolute atomic E-state index is 12.5. The lowest BCUT2D eigenvalue weighted by molar-refractivity contribution is -0.126. The topological polar surface area (TPSA) is 80.1 Å². The van der Waals surface area contributed by atoms with E-state index in [4.69, 9.17) is 11.6 Å². The summed E-state index contributed by atoms with van der Waals surface area (Å²) in [5, 5.41) is 10.8. The van der Waals surface area contributed by atoms with Crippen LogP contribution in [0, 0.1) is 0 Å². The molecule has 0 radical (unpaired) electrons. The molecular formula is C15H16ClN5O2. The van der Waals surface area contributed by atoms with Gasteiger partial charge in [-0.25, -0.2) is 0 Å². The third kappa shape index (κ3) is 3.19. The van der Waals surface area contributed by atoms with E-state index in [0.717, 1.165) is 0 Å². The summed E-state index contributed by atoms with van der Waals surface area (Å²) < 4.78 is 1.53. The van der Waals surface area contributed by atoms with Gasteiger partial charge in [-0.3, -0.25) is 14.3 Å². The number of hydrogen-bond donors (Lipinski definition) is 1. The fourth-order valence-corrected chi connectivity index (χ4v) is 2.84. The zero-order valence-electron chi connectivity index (χ0n) is 12.6. The Morgan fingerprint density at radius 3 is 2.91 bits per heavy atom. The Labute approximate surface area is 138 Å². The van der Waals surface area contributed by atoms with Crippen LogP contribution in [0.5, 0.6) is 0 Å². The summed E-state index contributed by atoms with van der Waals surface area (Å²) in [6, 6.07) is 6.65. The standard InChI is InChI=1S/C15H16ClN5O2/c1-20-10(9-17-19-20)8-14(22)18-12-6-7-21(15(12)23)13-5-3-2-4-11(13)16/h2-5,9,12H,6-8H2,1H3,(H,18,22). The molecule has 1 fully saturated rings. The van der Waals surface area contributed by atoms with Crippen molar-refractivity contribution < 1.29 is 9.59 Å². The number of para-hydroxylation sites is 1. The van der Waals surface area contributed by atoms with E-state index < -0.39 is 6.04 Å². The maximum atomic E-state index is 12.5. The summed E-state index contributed by atoms with van der Waals surface area (Å²) in [6.45, 7) is 0.529. The van der Waals surface area contributed by atoms with Gasteiger partial charge in [0, 0.05) is 13.6 Å². The van der Waals surface area contributed by atoms with Gasteiger partial charge in [0.1, 0.15) is 6.04 Å². The Hall–Kier alpha value is -2.41. The molecule has 23 heavy (non-hydrogen) atoms. The van der Waals surface area contributed by atoms with Gasteiger partial charge in [-0.2, -0.15) is 0 Å². The summed E-state index contributed by atoms with van der Waals surface area (Å²) in [5.41, 5.74) is 1.36. The zero-order valence-corrected chi connectivity index (χ0v) is 13.3. The van der Waals surface area contributed by atoms with Gasteiger partial charge >= 0.3 is 0 Å². The summed E-state index contributed by atoms with van der Waals surface area (Å²) in [6.07, 6.45) is 2.23. The van der Waals surface area contributed by atoms with E-state index in [1.54, 1.807) is 24.1 Å². The van der Waals surface area contributed by atoms with Crippen molar-refractivity contribution in [1.82, 2.24) is 20.3 Å². The van der Waals surface area contributed by atoms with Gasteiger partial charge in [-0.15, -0.1) is 5.10 Å². The minimum Gasteiger partial charge on any atom is -0.344 e. The molecule has 2 aromatic rings. The molecule has 7 nitrogen and oxygen atoms in total. The number of carbonyl (C=O) groups excluding carboxylic acids is 2. The van der Waals surface area contributed by atoms with Crippen LogP contribution in [0.4, 0.5) is 5.69 Å². The molecule has 0 spiro atoms. The molecule has 120 valence electrons. The van der Waals surface area contributed by atoms with Crippen LogP contribution in [-0.2, 0) is 23.1 Å². The molecule has 1 saturated heterocycles. The van der Waals surface area contributed by atoms with E-state index in [1.165, 1.54) is 10.9 Å². The Bertz CT molecular complexity index is 745. The lowest BCUT2D eigenvalue weighted by Crippen LogP contribution is -2.42. The number of halogens is 1. The normalized spacial score (nSPS) is 17.6. The van der Waals surface area contributed by atoms with Crippen LogP contribution in [0.25, 0.3) is 0 Å². The molecule has 0 aliphatic carbocycles. The van der Waals surface area contributed by atoms with Gasteiger partial charge in [0.2, 0.25) is 11.8 Å². The number of aromatic nitrogens is 3. The Kier molecular flexibility index (Phi) is 4.29. The predicted octanol–water partition coefficient (Wildman–Crippen LogP) is 0.933. The highest BCUT2D eigenvalue weighted by molar-refractivity contribution is 6.34. The molecule has 1 aliphatic rings. The number of nitrogens with one attached hydrogen (secondary N) is 1. The minimum absolute atomic E-state index is 0.138. The zero-order chi connectivity index (χ0) is 16.4. The van der Waals surface area contributed by atoms with Crippen molar-refractivity contribution in [1.29, 1.82) is 0 Å². The van der Waals surface area contributed by atoms with Gasteiger partial charge in [-0.1, -0.05) is 28.9 Å². The molecule has 3 rings (SSSR count). The SMILES string of the molecule is Cn1nncc1CC(=O)NC1CCN(c2ccccc2Cl)C1=O. The highest BCUT2D eigenvalue weighted by atomic mass is 35.5. The predicted molar refractivity (Wildman–Crippen MR) is 85.1 cm³/mol. The summed E-state index contributed by atoms with van der Waals surface area (Å²) in [7, 11) is 1.72. The fraction of sp³-hybridized carbons (Fsp3) is 0.333. The first-order valence-electron chi connectivity index (χ1n) is 7.25. The Morgan fingerprint density at radius 2 is 2.22 bits per heavy atom. The first-order valence-corrected chi connectivity index (χ1v) is 7.63. The highest BCUT2D eigenvalue weighted by Crippen LogP contribution is 2.28. The smallest absolute Gasteiger partial charge is 0.249 e. The van der Waals surface area contributed by atoms with Crippen LogP contribution in [0.15, 0.2) is 30.5 Å². The summed E-state index contributed by atoms with van der Waals surface area (Å²) >= 11 is 6.14. The van der Waals surface area contributed by atoms with Gasteiger partial charge in [-0.05, 0) is 18.6 Å². The number of rotatable bonds is 4. The Balaban J connectivity index is 1.64. The Morgan fingerprint density at radius 1 is 1.43 bits per heavy atom. The number of nitrogens with zero attached hydrogens (tertiary/aromatic N) is 4. The van der Waals surface area contributed by atoms with Crippen LogP contribution >= 0.6 is 11.6 Å². The summed E-state index contributed by atoms with van der Waals surface area (Å²) in [5.74, 6) is -0.371. The van der Waals surface area contributed by atoms with Crippen molar-refractivity contribution in [2.75, 3.05) is 11.4 Å². The molecule has 0 saturated carbocycles. The van der Waals surface area contributed by atoms with E-state index in [0.29, 0.717) is 29.4 Å². The van der Waals surface area contributed by atoms with Gasteiger partial charge in [0.15, 0.2) is 0 Å². The van der Waals surface area contributed by atoms with Crippen LogP contribution in [0.2, 0.25) is 5.02 Å². The molecule has 1 aliphatic heterocycles. The van der Waals surface area contributed by atoms with Crippen molar-refractivity contribution in [3.63, 3.8) is 0 Å². The molecular weight excluding hydrogens is 318 g/mol. The van der Waals surface area contributed by atoms with Gasteiger partial charge in [0.25, 0.3) is 0 Å². The van der Waals surface area contributed by atoms with E-state index in [1.807, 2.05) is 12.1 Å².